The minimum atomic E-state index is 0.442. The summed E-state index contributed by atoms with van der Waals surface area (Å²) >= 11 is 6.19. The number of halogens is 1. The van der Waals surface area contributed by atoms with Crippen LogP contribution in [0.4, 0.5) is 0 Å². The number of rotatable bonds is 2. The van der Waals surface area contributed by atoms with Crippen LogP contribution < -0.4 is 0 Å². The summed E-state index contributed by atoms with van der Waals surface area (Å²) in [6.45, 7) is 0. The van der Waals surface area contributed by atoms with Crippen LogP contribution in [-0.2, 0) is 0 Å². The highest BCUT2D eigenvalue weighted by atomic mass is 35.5. The van der Waals surface area contributed by atoms with Crippen molar-refractivity contribution in [1.29, 1.82) is 0 Å². The molecule has 19 heavy (non-hydrogen) atoms. The van der Waals surface area contributed by atoms with Gasteiger partial charge in [0.15, 0.2) is 0 Å². The van der Waals surface area contributed by atoms with Crippen LogP contribution in [0.3, 0.4) is 0 Å². The Morgan fingerprint density at radius 3 is 2.58 bits per heavy atom. The Morgan fingerprint density at radius 1 is 1.00 bits per heavy atom. The molecular formula is C15H12ClN3. The molecule has 0 amide bonds. The molecule has 1 saturated carbocycles. The molecule has 4 rings (SSSR count). The third-order valence-corrected chi connectivity index (χ3v) is 3.83. The van der Waals surface area contributed by atoms with E-state index in [9.17, 15) is 0 Å². The van der Waals surface area contributed by atoms with Crippen LogP contribution in [0.25, 0.3) is 16.5 Å². The Kier molecular flexibility index (Phi) is 2.35. The van der Waals surface area contributed by atoms with Gasteiger partial charge in [0.05, 0.1) is 5.69 Å². The van der Waals surface area contributed by atoms with E-state index < -0.39 is 0 Å². The molecule has 0 spiro atoms. The van der Waals surface area contributed by atoms with Gasteiger partial charge in [-0.25, -0.2) is 0 Å². The van der Waals surface area contributed by atoms with Crippen molar-refractivity contribution in [2.45, 2.75) is 18.8 Å². The van der Waals surface area contributed by atoms with Gasteiger partial charge in [-0.3, -0.25) is 4.57 Å². The van der Waals surface area contributed by atoms with E-state index in [1.807, 2.05) is 16.7 Å². The van der Waals surface area contributed by atoms with Crippen molar-refractivity contribution in [3.8, 4) is 5.69 Å². The smallest absolute Gasteiger partial charge is 0.229 e. The van der Waals surface area contributed by atoms with E-state index in [1.54, 1.807) is 0 Å². The Labute approximate surface area is 115 Å². The van der Waals surface area contributed by atoms with Gasteiger partial charge in [0, 0.05) is 5.92 Å². The summed E-state index contributed by atoms with van der Waals surface area (Å²) in [4.78, 5) is 0. The second-order valence-electron chi connectivity index (χ2n) is 4.97. The molecule has 0 N–H and O–H groups in total. The maximum absolute atomic E-state index is 6.19. The molecule has 0 atom stereocenters. The Bertz CT molecular complexity index is 759. The molecule has 0 bridgehead atoms. The van der Waals surface area contributed by atoms with E-state index in [2.05, 4.69) is 40.5 Å². The zero-order valence-corrected chi connectivity index (χ0v) is 11.0. The van der Waals surface area contributed by atoms with Crippen LogP contribution in [0.2, 0.25) is 5.28 Å². The predicted octanol–water partition coefficient (Wildman–Crippen LogP) is 3.95. The van der Waals surface area contributed by atoms with E-state index in [0.717, 1.165) is 11.5 Å². The Morgan fingerprint density at radius 2 is 1.79 bits per heavy atom. The number of fused-ring (bicyclic) bond motifs is 1. The van der Waals surface area contributed by atoms with Crippen molar-refractivity contribution in [2.75, 3.05) is 0 Å². The summed E-state index contributed by atoms with van der Waals surface area (Å²) in [5.41, 5.74) is 1.04. The van der Waals surface area contributed by atoms with Crippen LogP contribution >= 0.6 is 11.6 Å². The maximum atomic E-state index is 6.19. The molecule has 0 saturated heterocycles. The van der Waals surface area contributed by atoms with Crippen LogP contribution in [0.1, 0.15) is 24.6 Å². The minimum Gasteiger partial charge on any atom is -0.270 e. The van der Waals surface area contributed by atoms with Crippen molar-refractivity contribution >= 4 is 22.4 Å². The van der Waals surface area contributed by atoms with Crippen molar-refractivity contribution in [1.82, 2.24) is 14.8 Å². The Balaban J connectivity index is 1.92. The predicted molar refractivity (Wildman–Crippen MR) is 75.9 cm³/mol. The summed E-state index contributed by atoms with van der Waals surface area (Å²) in [5.74, 6) is 1.51. The van der Waals surface area contributed by atoms with E-state index in [1.165, 1.54) is 23.6 Å². The van der Waals surface area contributed by atoms with Gasteiger partial charge in [0.2, 0.25) is 5.28 Å². The summed E-state index contributed by atoms with van der Waals surface area (Å²) in [6.07, 6.45) is 2.37. The monoisotopic (exact) mass is 269 g/mol. The highest BCUT2D eigenvalue weighted by Gasteiger charge is 2.30. The van der Waals surface area contributed by atoms with Gasteiger partial charge >= 0.3 is 0 Å². The second-order valence-corrected chi connectivity index (χ2v) is 5.31. The van der Waals surface area contributed by atoms with Gasteiger partial charge < -0.3 is 0 Å². The van der Waals surface area contributed by atoms with Gasteiger partial charge in [-0.1, -0.05) is 30.3 Å². The van der Waals surface area contributed by atoms with Crippen LogP contribution in [-0.4, -0.2) is 14.8 Å². The highest BCUT2D eigenvalue weighted by molar-refractivity contribution is 6.28. The highest BCUT2D eigenvalue weighted by Crippen LogP contribution is 2.40. The number of hydrogen-bond acceptors (Lipinski definition) is 2. The SMILES string of the molecule is Clc1nnc(C2CC2)n1-c1ccc2ccccc2c1. The summed E-state index contributed by atoms with van der Waals surface area (Å²) < 4.78 is 1.96. The molecule has 1 aliphatic rings. The normalized spacial score (nSPS) is 15.0. The zero-order valence-electron chi connectivity index (χ0n) is 10.3. The molecule has 94 valence electrons. The average molecular weight is 270 g/mol. The number of hydrogen-bond donors (Lipinski definition) is 0. The molecule has 2 aromatic carbocycles. The molecule has 0 unspecified atom stereocenters. The van der Waals surface area contributed by atoms with Crippen LogP contribution in [0, 0.1) is 0 Å². The number of benzene rings is 2. The lowest BCUT2D eigenvalue weighted by Gasteiger charge is -2.08. The first-order chi connectivity index (χ1) is 9.33. The maximum Gasteiger partial charge on any atom is 0.229 e. The number of nitrogens with zero attached hydrogens (tertiary/aromatic N) is 3. The fourth-order valence-electron chi connectivity index (χ4n) is 2.44. The first-order valence-corrected chi connectivity index (χ1v) is 6.81. The van der Waals surface area contributed by atoms with E-state index in [0.29, 0.717) is 11.2 Å². The number of aromatic nitrogens is 3. The summed E-state index contributed by atoms with van der Waals surface area (Å²) in [5, 5.41) is 11.1. The molecule has 0 aliphatic heterocycles. The van der Waals surface area contributed by atoms with Crippen LogP contribution in [0.15, 0.2) is 42.5 Å². The van der Waals surface area contributed by atoms with Gasteiger partial charge in [0.25, 0.3) is 0 Å². The minimum absolute atomic E-state index is 0.442. The van der Waals surface area contributed by atoms with Crippen molar-refractivity contribution in [3.05, 3.63) is 53.6 Å². The lowest BCUT2D eigenvalue weighted by atomic mass is 10.1. The molecular weight excluding hydrogens is 258 g/mol. The Hall–Kier alpha value is -1.87. The lowest BCUT2D eigenvalue weighted by Crippen LogP contribution is -2.00. The van der Waals surface area contributed by atoms with Gasteiger partial charge in [-0.2, -0.15) is 0 Å². The topological polar surface area (TPSA) is 30.7 Å². The fourth-order valence-corrected chi connectivity index (χ4v) is 2.66. The average Bonchev–Trinajstić information content (AvgIpc) is 3.21. The third kappa shape index (κ3) is 1.81. The molecule has 1 fully saturated rings. The molecule has 1 aliphatic carbocycles. The quantitative estimate of drug-likeness (QED) is 0.705. The van der Waals surface area contributed by atoms with E-state index in [-0.39, 0.29) is 0 Å². The van der Waals surface area contributed by atoms with Crippen LogP contribution in [0.5, 0.6) is 0 Å². The molecule has 1 heterocycles. The largest absolute Gasteiger partial charge is 0.270 e. The van der Waals surface area contributed by atoms with Gasteiger partial charge in [-0.15, -0.1) is 10.2 Å². The lowest BCUT2D eigenvalue weighted by molar-refractivity contribution is 0.872. The second kappa shape index (κ2) is 4.07. The molecule has 3 nitrogen and oxygen atoms in total. The van der Waals surface area contributed by atoms with E-state index in [4.69, 9.17) is 11.6 Å². The molecule has 0 radical (unpaired) electrons. The molecule has 3 aromatic rings. The van der Waals surface area contributed by atoms with Crippen molar-refractivity contribution < 1.29 is 0 Å². The van der Waals surface area contributed by atoms with E-state index >= 15 is 0 Å². The molecule has 4 heteroatoms. The summed E-state index contributed by atoms with van der Waals surface area (Å²) in [6, 6.07) is 14.6. The fraction of sp³-hybridized carbons (Fsp3) is 0.200. The van der Waals surface area contributed by atoms with Gasteiger partial charge in [0.1, 0.15) is 5.82 Å². The third-order valence-electron chi connectivity index (χ3n) is 3.58. The van der Waals surface area contributed by atoms with Gasteiger partial charge in [-0.05, 0) is 47.3 Å². The standard InChI is InChI=1S/C15H12ClN3/c16-15-18-17-14(11-5-6-11)19(15)13-8-7-10-3-1-2-4-12(10)9-13/h1-4,7-9,11H,5-6H2. The zero-order chi connectivity index (χ0) is 12.8. The molecule has 1 aromatic heterocycles. The first kappa shape index (κ1) is 11.0. The summed E-state index contributed by atoms with van der Waals surface area (Å²) in [7, 11) is 0. The van der Waals surface area contributed by atoms with Crippen molar-refractivity contribution in [2.24, 2.45) is 0 Å². The van der Waals surface area contributed by atoms with Crippen molar-refractivity contribution in [3.63, 3.8) is 0 Å². The first-order valence-electron chi connectivity index (χ1n) is 6.43.